The second kappa shape index (κ2) is 24.3. The monoisotopic (exact) mass is 740 g/mol. The van der Waals surface area contributed by atoms with Gasteiger partial charge in [-0.2, -0.15) is 0 Å². The van der Waals surface area contributed by atoms with Gasteiger partial charge >= 0.3 is 278 Å². The van der Waals surface area contributed by atoms with Crippen molar-refractivity contribution in [3.8, 4) is 0 Å². The van der Waals surface area contributed by atoms with Crippen LogP contribution in [0.3, 0.4) is 0 Å². The van der Waals surface area contributed by atoms with Crippen LogP contribution in [-0.2, 0) is 34.8 Å². The summed E-state index contributed by atoms with van der Waals surface area (Å²) in [7, 11) is 0. The molecule has 256 valence electrons. The molecular weight excluding hydrogens is 679 g/mol. The van der Waals surface area contributed by atoms with E-state index in [0.717, 1.165) is 153 Å². The molecule has 2 aliphatic rings. The quantitative estimate of drug-likeness (QED) is 0.0469. The summed E-state index contributed by atoms with van der Waals surface area (Å²) in [6.07, 6.45) is 26.8. The SMILES string of the molecule is CCCCCCC[CH2][Sn]([CH2]CCCCCCC)([O]C(=O)/C=C\C(=O)OC1CCCCC1)[O]C(=O)/C=C\C(=O)OC1CCCCC1. The van der Waals surface area contributed by atoms with Gasteiger partial charge in [0.25, 0.3) is 0 Å². The Morgan fingerprint density at radius 1 is 0.489 bits per heavy atom. The van der Waals surface area contributed by atoms with Crippen molar-refractivity contribution in [3.63, 3.8) is 0 Å². The molecule has 2 fully saturated rings. The molecule has 0 atom stereocenters. The van der Waals surface area contributed by atoms with E-state index in [1.165, 1.54) is 12.8 Å². The second-order valence-corrected chi connectivity index (χ2v) is 22.1. The zero-order chi connectivity index (χ0) is 32.6. The zero-order valence-electron chi connectivity index (χ0n) is 28.2. The number of esters is 2. The van der Waals surface area contributed by atoms with Crippen LogP contribution in [0.25, 0.3) is 0 Å². The third-order valence-electron chi connectivity index (χ3n) is 8.78. The standard InChI is InChI=1S/2C10H14O4.2C8H17.Sn/c2*11-9(12)6-7-10(13)14-8-4-2-1-3-5-8;2*1-3-5-7-8-6-4-2;/h2*6-8H,1-5H2,(H,11,12);2*1,3-8H2,2H3;/q;;;;+2/p-2/b2*7-6-;;;. The molecule has 0 aromatic rings. The minimum atomic E-state index is -4.36. The van der Waals surface area contributed by atoms with E-state index in [1.54, 1.807) is 0 Å². The van der Waals surface area contributed by atoms with Crippen molar-refractivity contribution in [1.82, 2.24) is 0 Å². The molecule has 0 spiro atoms. The van der Waals surface area contributed by atoms with Gasteiger partial charge in [0.15, 0.2) is 0 Å². The van der Waals surface area contributed by atoms with Crippen molar-refractivity contribution in [3.05, 3.63) is 24.3 Å². The molecule has 0 saturated heterocycles. The van der Waals surface area contributed by atoms with E-state index in [1.807, 2.05) is 0 Å². The number of unbranched alkanes of at least 4 members (excludes halogenated alkanes) is 10. The molecule has 0 aliphatic heterocycles. The topological polar surface area (TPSA) is 105 Å². The normalized spacial score (nSPS) is 16.6. The molecule has 9 heteroatoms. The van der Waals surface area contributed by atoms with Gasteiger partial charge in [0, 0.05) is 0 Å². The third-order valence-corrected chi connectivity index (χ3v) is 18.4. The van der Waals surface area contributed by atoms with Crippen LogP contribution in [0.2, 0.25) is 8.87 Å². The van der Waals surface area contributed by atoms with Crippen LogP contribution in [0.5, 0.6) is 0 Å². The van der Waals surface area contributed by atoms with Crippen LogP contribution in [0.1, 0.15) is 155 Å². The first-order valence-corrected chi connectivity index (χ1v) is 24.5. The molecule has 0 radical (unpaired) electrons. The van der Waals surface area contributed by atoms with E-state index < -0.39 is 43.1 Å². The fourth-order valence-electron chi connectivity index (χ4n) is 6.18. The molecule has 0 bridgehead atoms. The van der Waals surface area contributed by atoms with E-state index in [0.29, 0.717) is 8.87 Å². The van der Waals surface area contributed by atoms with Gasteiger partial charge in [-0.3, -0.25) is 0 Å². The first-order chi connectivity index (χ1) is 21.9. The first-order valence-electron chi connectivity index (χ1n) is 18.1. The number of rotatable bonds is 22. The molecule has 2 aliphatic carbocycles. The van der Waals surface area contributed by atoms with Crippen LogP contribution in [0.4, 0.5) is 0 Å². The zero-order valence-corrected chi connectivity index (χ0v) is 31.1. The number of ether oxygens (including phenoxy) is 2. The summed E-state index contributed by atoms with van der Waals surface area (Å²) < 4.78 is 24.4. The first kappa shape index (κ1) is 39.3. The third kappa shape index (κ3) is 18.8. The molecule has 2 rings (SSSR count). The molecule has 8 nitrogen and oxygen atoms in total. The predicted octanol–water partition coefficient (Wildman–Crippen LogP) is 9.10. The molecule has 0 aromatic carbocycles. The summed E-state index contributed by atoms with van der Waals surface area (Å²) in [5.74, 6) is -2.44. The Bertz CT molecular complexity index is 844. The fourth-order valence-corrected chi connectivity index (χ4v) is 15.2. The van der Waals surface area contributed by atoms with Gasteiger partial charge in [-0.15, -0.1) is 0 Å². The number of hydrogen-bond acceptors (Lipinski definition) is 8. The van der Waals surface area contributed by atoms with E-state index in [9.17, 15) is 19.2 Å². The molecule has 0 unspecified atom stereocenters. The van der Waals surface area contributed by atoms with E-state index >= 15 is 0 Å². The van der Waals surface area contributed by atoms with Crippen LogP contribution in [0, 0.1) is 0 Å². The average molecular weight is 740 g/mol. The van der Waals surface area contributed by atoms with Gasteiger partial charge in [-0.25, -0.2) is 0 Å². The van der Waals surface area contributed by atoms with Crippen molar-refractivity contribution < 1.29 is 34.8 Å². The summed E-state index contributed by atoms with van der Waals surface area (Å²) in [5, 5.41) is 0. The van der Waals surface area contributed by atoms with Gasteiger partial charge < -0.3 is 0 Å². The van der Waals surface area contributed by atoms with E-state index in [4.69, 9.17) is 15.6 Å². The minimum absolute atomic E-state index is 0.108. The number of carbonyl (C=O) groups excluding carboxylic acids is 4. The van der Waals surface area contributed by atoms with Gasteiger partial charge in [-0.05, 0) is 0 Å². The van der Waals surface area contributed by atoms with Gasteiger partial charge in [0.2, 0.25) is 0 Å². The maximum absolute atomic E-state index is 13.1. The van der Waals surface area contributed by atoms with Crippen LogP contribution in [-0.4, -0.2) is 55.3 Å². The summed E-state index contributed by atoms with van der Waals surface area (Å²) in [6, 6.07) is 0. The Labute approximate surface area is 277 Å². The predicted molar refractivity (Wildman–Crippen MR) is 179 cm³/mol. The Kier molecular flexibility index (Phi) is 21.3. The van der Waals surface area contributed by atoms with Crippen molar-refractivity contribution in [2.45, 2.75) is 176 Å². The Morgan fingerprint density at radius 3 is 1.20 bits per heavy atom. The summed E-state index contributed by atoms with van der Waals surface area (Å²) in [4.78, 5) is 51.1. The average Bonchev–Trinajstić information content (AvgIpc) is 3.03. The van der Waals surface area contributed by atoms with E-state index in [2.05, 4.69) is 13.8 Å². The Morgan fingerprint density at radius 2 is 0.822 bits per heavy atom. The van der Waals surface area contributed by atoms with Crippen molar-refractivity contribution in [2.75, 3.05) is 0 Å². The maximum atomic E-state index is 13.1. The van der Waals surface area contributed by atoms with Crippen LogP contribution < -0.4 is 0 Å². The molecule has 0 amide bonds. The van der Waals surface area contributed by atoms with E-state index in [-0.39, 0.29) is 12.2 Å². The number of hydrogen-bond donors (Lipinski definition) is 0. The summed E-state index contributed by atoms with van der Waals surface area (Å²) in [6.45, 7) is 4.36. The van der Waals surface area contributed by atoms with Crippen molar-refractivity contribution in [1.29, 1.82) is 0 Å². The number of carbonyl (C=O) groups is 4. The van der Waals surface area contributed by atoms with Gasteiger partial charge in [0.1, 0.15) is 0 Å². The summed E-state index contributed by atoms with van der Waals surface area (Å²) >= 11 is -4.36. The van der Waals surface area contributed by atoms with Crippen molar-refractivity contribution in [2.24, 2.45) is 0 Å². The molecule has 0 heterocycles. The second-order valence-electron chi connectivity index (χ2n) is 12.8. The van der Waals surface area contributed by atoms with Crippen molar-refractivity contribution >= 4 is 43.1 Å². The molecule has 0 aromatic heterocycles. The Hall–Kier alpha value is -1.84. The molecule has 45 heavy (non-hydrogen) atoms. The summed E-state index contributed by atoms with van der Waals surface area (Å²) in [5.41, 5.74) is 0. The van der Waals surface area contributed by atoms with Crippen LogP contribution >= 0.6 is 0 Å². The molecular formula is C36H60O8Sn. The Balaban J connectivity index is 2.11. The van der Waals surface area contributed by atoms with Crippen LogP contribution in [0.15, 0.2) is 24.3 Å². The fraction of sp³-hybridized carbons (Fsp3) is 0.778. The molecule has 2 saturated carbocycles. The molecule has 0 N–H and O–H groups in total. The van der Waals surface area contributed by atoms with Gasteiger partial charge in [0.05, 0.1) is 0 Å². The van der Waals surface area contributed by atoms with Gasteiger partial charge in [-0.1, -0.05) is 0 Å².